The summed E-state index contributed by atoms with van der Waals surface area (Å²) in [5.41, 5.74) is -1.38. The zero-order valence-corrected chi connectivity index (χ0v) is 12.3. The lowest BCUT2D eigenvalue weighted by atomic mass is 9.92. The standard InChI is InChI=1S/C15H16F4N2O2/c16-12-6-10(2-3-11(12)15(17,18)19)7-21-5-1-4-14(9-21)8-20-13(22)23-14/h2-3,6H,1,4-5,7-9H2,(H,20,22). The average Bonchev–Trinajstić information content (AvgIpc) is 2.78. The monoisotopic (exact) mass is 332 g/mol. The van der Waals surface area contributed by atoms with E-state index < -0.39 is 29.3 Å². The number of likely N-dealkylation sites (tertiary alicyclic amines) is 1. The van der Waals surface area contributed by atoms with E-state index >= 15 is 0 Å². The molecule has 2 saturated heterocycles. The second-order valence-corrected chi connectivity index (χ2v) is 6.05. The summed E-state index contributed by atoms with van der Waals surface area (Å²) in [5, 5.41) is 2.62. The van der Waals surface area contributed by atoms with Crippen LogP contribution in [0.1, 0.15) is 24.0 Å². The van der Waals surface area contributed by atoms with Crippen LogP contribution in [0.4, 0.5) is 22.4 Å². The van der Waals surface area contributed by atoms with Gasteiger partial charge in [0.2, 0.25) is 0 Å². The van der Waals surface area contributed by atoms with Crippen LogP contribution in [0.3, 0.4) is 0 Å². The lowest BCUT2D eigenvalue weighted by molar-refractivity contribution is -0.140. The fourth-order valence-corrected chi connectivity index (χ4v) is 3.20. The number of rotatable bonds is 2. The molecule has 2 heterocycles. The van der Waals surface area contributed by atoms with Crippen LogP contribution in [0.2, 0.25) is 0 Å². The number of nitrogens with zero attached hydrogens (tertiary/aromatic N) is 1. The third kappa shape index (κ3) is 3.41. The maximum absolute atomic E-state index is 13.6. The molecule has 1 atom stereocenters. The van der Waals surface area contributed by atoms with Crippen molar-refractivity contribution < 1.29 is 27.1 Å². The van der Waals surface area contributed by atoms with Crippen LogP contribution in [0.25, 0.3) is 0 Å². The minimum absolute atomic E-state index is 0.314. The molecule has 23 heavy (non-hydrogen) atoms. The first-order chi connectivity index (χ1) is 10.8. The molecule has 3 rings (SSSR count). The Morgan fingerprint density at radius 2 is 2.13 bits per heavy atom. The van der Waals surface area contributed by atoms with Crippen molar-refractivity contribution in [3.05, 3.63) is 35.1 Å². The zero-order chi connectivity index (χ0) is 16.7. The Morgan fingerprint density at radius 1 is 1.35 bits per heavy atom. The number of ether oxygens (including phenoxy) is 1. The Bertz CT molecular complexity index is 620. The average molecular weight is 332 g/mol. The van der Waals surface area contributed by atoms with Crippen LogP contribution in [0, 0.1) is 5.82 Å². The number of benzene rings is 1. The highest BCUT2D eigenvalue weighted by Gasteiger charge is 2.43. The van der Waals surface area contributed by atoms with Crippen LogP contribution in [0.5, 0.6) is 0 Å². The van der Waals surface area contributed by atoms with Crippen LogP contribution in [-0.4, -0.2) is 36.2 Å². The summed E-state index contributed by atoms with van der Waals surface area (Å²) in [5.74, 6) is -1.27. The summed E-state index contributed by atoms with van der Waals surface area (Å²) in [7, 11) is 0. The van der Waals surface area contributed by atoms with E-state index in [1.54, 1.807) is 0 Å². The molecule has 2 fully saturated rings. The van der Waals surface area contributed by atoms with Gasteiger partial charge >= 0.3 is 12.3 Å². The molecule has 126 valence electrons. The number of alkyl halides is 3. The predicted molar refractivity (Wildman–Crippen MR) is 73.1 cm³/mol. The summed E-state index contributed by atoms with van der Waals surface area (Å²) in [6, 6.07) is 2.97. The Kier molecular flexibility index (Phi) is 3.95. The highest BCUT2D eigenvalue weighted by molar-refractivity contribution is 5.70. The molecule has 0 bridgehead atoms. The maximum Gasteiger partial charge on any atom is 0.419 e. The second kappa shape index (κ2) is 5.67. The number of halogens is 4. The molecule has 0 aromatic heterocycles. The lowest BCUT2D eigenvalue weighted by Gasteiger charge is -2.38. The Morgan fingerprint density at radius 3 is 2.74 bits per heavy atom. The van der Waals surface area contributed by atoms with E-state index in [1.807, 2.05) is 4.90 Å². The van der Waals surface area contributed by atoms with E-state index in [-0.39, 0.29) is 0 Å². The number of hydrogen-bond acceptors (Lipinski definition) is 3. The van der Waals surface area contributed by atoms with E-state index in [9.17, 15) is 22.4 Å². The van der Waals surface area contributed by atoms with Crippen molar-refractivity contribution in [3.8, 4) is 0 Å². The normalized spacial score (nSPS) is 25.5. The van der Waals surface area contributed by atoms with Crippen molar-refractivity contribution in [1.29, 1.82) is 0 Å². The fraction of sp³-hybridized carbons (Fsp3) is 0.533. The molecule has 1 amide bonds. The molecular weight excluding hydrogens is 316 g/mol. The molecule has 2 aliphatic rings. The first-order valence-corrected chi connectivity index (χ1v) is 7.32. The molecule has 0 saturated carbocycles. The highest BCUT2D eigenvalue weighted by Crippen LogP contribution is 2.32. The molecular formula is C15H16F4N2O2. The minimum atomic E-state index is -4.69. The van der Waals surface area contributed by atoms with Crippen molar-refractivity contribution in [2.45, 2.75) is 31.2 Å². The number of carbonyl (C=O) groups is 1. The molecule has 1 aromatic rings. The van der Waals surface area contributed by atoms with Gasteiger partial charge in [0.1, 0.15) is 11.4 Å². The Balaban J connectivity index is 1.70. The van der Waals surface area contributed by atoms with Gasteiger partial charge in [-0.2, -0.15) is 13.2 Å². The van der Waals surface area contributed by atoms with Crippen LogP contribution < -0.4 is 5.32 Å². The Hall–Kier alpha value is -1.83. The van der Waals surface area contributed by atoms with Gasteiger partial charge in [-0.3, -0.25) is 4.90 Å². The summed E-state index contributed by atoms with van der Waals surface area (Å²) < 4.78 is 56.7. The summed E-state index contributed by atoms with van der Waals surface area (Å²) in [6.07, 6.45) is -3.60. The van der Waals surface area contributed by atoms with Crippen LogP contribution in [-0.2, 0) is 17.5 Å². The molecule has 2 aliphatic heterocycles. The number of alkyl carbamates (subject to hydrolysis) is 1. The first kappa shape index (κ1) is 16.0. The van der Waals surface area contributed by atoms with E-state index in [0.29, 0.717) is 25.2 Å². The van der Waals surface area contributed by atoms with E-state index in [1.165, 1.54) is 6.07 Å². The molecule has 1 aromatic carbocycles. The van der Waals surface area contributed by atoms with Crippen molar-refractivity contribution >= 4 is 6.09 Å². The number of nitrogens with one attached hydrogen (secondary N) is 1. The molecule has 8 heteroatoms. The van der Waals surface area contributed by atoms with Gasteiger partial charge in [0.15, 0.2) is 0 Å². The van der Waals surface area contributed by atoms with Crippen molar-refractivity contribution in [2.75, 3.05) is 19.6 Å². The van der Waals surface area contributed by atoms with Crippen LogP contribution >= 0.6 is 0 Å². The van der Waals surface area contributed by atoms with E-state index in [2.05, 4.69) is 5.32 Å². The van der Waals surface area contributed by atoms with Gasteiger partial charge in [-0.1, -0.05) is 6.07 Å². The quantitative estimate of drug-likeness (QED) is 0.847. The van der Waals surface area contributed by atoms with Gasteiger partial charge in [0, 0.05) is 13.1 Å². The summed E-state index contributed by atoms with van der Waals surface area (Å²) >= 11 is 0. The number of hydrogen-bond donors (Lipinski definition) is 1. The molecule has 0 radical (unpaired) electrons. The summed E-state index contributed by atoms with van der Waals surface area (Å²) in [4.78, 5) is 13.2. The molecule has 1 spiro atoms. The number of carbonyl (C=O) groups excluding carboxylic acids is 1. The van der Waals surface area contributed by atoms with E-state index in [4.69, 9.17) is 4.74 Å². The predicted octanol–water partition coefficient (Wildman–Crippen LogP) is 2.92. The van der Waals surface area contributed by atoms with Crippen LogP contribution in [0.15, 0.2) is 18.2 Å². The van der Waals surface area contributed by atoms with Gasteiger partial charge < -0.3 is 10.1 Å². The number of amides is 1. The Labute approximate surface area is 130 Å². The molecule has 1 unspecified atom stereocenters. The first-order valence-electron chi connectivity index (χ1n) is 7.32. The maximum atomic E-state index is 13.6. The SMILES string of the molecule is O=C1NCC2(CCCN(Cc3ccc(C(F)(F)F)c(F)c3)C2)O1. The van der Waals surface area contributed by atoms with Gasteiger partial charge in [-0.15, -0.1) is 0 Å². The van der Waals surface area contributed by atoms with Crippen molar-refractivity contribution in [3.63, 3.8) is 0 Å². The third-order valence-corrected chi connectivity index (χ3v) is 4.23. The van der Waals surface area contributed by atoms with Crippen molar-refractivity contribution in [1.82, 2.24) is 10.2 Å². The summed E-state index contributed by atoms with van der Waals surface area (Å²) in [6.45, 7) is 1.94. The molecule has 1 N–H and O–H groups in total. The largest absolute Gasteiger partial charge is 0.440 e. The zero-order valence-electron chi connectivity index (χ0n) is 12.3. The smallest absolute Gasteiger partial charge is 0.419 e. The third-order valence-electron chi connectivity index (χ3n) is 4.23. The van der Waals surface area contributed by atoms with Gasteiger partial charge in [0.05, 0.1) is 12.1 Å². The van der Waals surface area contributed by atoms with Gasteiger partial charge in [0.25, 0.3) is 0 Å². The molecule has 0 aliphatic carbocycles. The topological polar surface area (TPSA) is 41.6 Å². The lowest BCUT2D eigenvalue weighted by Crippen LogP contribution is -2.50. The highest BCUT2D eigenvalue weighted by atomic mass is 19.4. The minimum Gasteiger partial charge on any atom is -0.440 e. The number of piperidine rings is 1. The van der Waals surface area contributed by atoms with Gasteiger partial charge in [-0.05, 0) is 37.1 Å². The van der Waals surface area contributed by atoms with Crippen molar-refractivity contribution in [2.24, 2.45) is 0 Å². The van der Waals surface area contributed by atoms with Gasteiger partial charge in [-0.25, -0.2) is 9.18 Å². The molecule has 4 nitrogen and oxygen atoms in total. The van der Waals surface area contributed by atoms with E-state index in [0.717, 1.165) is 31.5 Å². The second-order valence-electron chi connectivity index (χ2n) is 6.05. The fourth-order valence-electron chi connectivity index (χ4n) is 3.20.